The summed E-state index contributed by atoms with van der Waals surface area (Å²) in [7, 11) is 0. The summed E-state index contributed by atoms with van der Waals surface area (Å²) in [6.45, 7) is 0.899. The first kappa shape index (κ1) is 48.6. The summed E-state index contributed by atoms with van der Waals surface area (Å²) in [6.07, 6.45) is -4.18. The van der Waals surface area contributed by atoms with Crippen molar-refractivity contribution in [3.63, 3.8) is 0 Å². The fourth-order valence-corrected chi connectivity index (χ4v) is 8.02. The van der Waals surface area contributed by atoms with Crippen LogP contribution in [0.25, 0.3) is 0 Å². The van der Waals surface area contributed by atoms with Gasteiger partial charge in [-0.25, -0.2) is 87.8 Å². The zero-order chi connectivity index (χ0) is 48.8. The fraction of sp³-hybridized carbons (Fsp3) is 0.0476. The van der Waals surface area contributed by atoms with Crippen LogP contribution < -0.4 is 26.4 Å². The first-order valence-corrected chi connectivity index (χ1v) is 18.7. The van der Waals surface area contributed by atoms with Gasteiger partial charge in [0, 0.05) is 5.56 Å². The predicted molar refractivity (Wildman–Crippen MR) is 193 cm³/mol. The van der Waals surface area contributed by atoms with Crippen molar-refractivity contribution in [1.29, 1.82) is 5.26 Å². The van der Waals surface area contributed by atoms with Gasteiger partial charge in [-0.15, -0.1) is 21.9 Å². The van der Waals surface area contributed by atoms with Crippen LogP contribution in [0.5, 0.6) is 0 Å². The summed E-state index contributed by atoms with van der Waals surface area (Å²) >= 11 is 1.77. The average molecular weight is 970 g/mol. The molecule has 6 aromatic carbocycles. The largest absolute Gasteiger partial charge is 0.241 e. The summed E-state index contributed by atoms with van der Waals surface area (Å²) in [5.41, 5.74) is -11.1. The third kappa shape index (κ3) is 7.87. The number of thiazole rings is 1. The monoisotopic (exact) mass is 970 g/mol. The molecular weight excluding hydrogens is 955 g/mol. The molecule has 0 N–H and O–H groups in total. The van der Waals surface area contributed by atoms with Crippen LogP contribution in [0.4, 0.5) is 87.8 Å². The number of nitrogens with zero attached hydrogens (tertiary/aromatic N) is 2. The number of rotatable bonds is 8. The lowest BCUT2D eigenvalue weighted by Gasteiger charge is -2.44. The van der Waals surface area contributed by atoms with Crippen molar-refractivity contribution in [1.82, 2.24) is 0 Å². The molecule has 0 atom stereocenters. The van der Waals surface area contributed by atoms with E-state index in [2.05, 4.69) is 46.5 Å². The molecule has 0 aliphatic rings. The quantitative estimate of drug-likeness (QED) is 0.0491. The van der Waals surface area contributed by atoms with E-state index >= 15 is 35.1 Å². The molecule has 0 amide bonds. The predicted octanol–water partition coefficient (Wildman–Crippen LogP) is 9.39. The van der Waals surface area contributed by atoms with Crippen molar-refractivity contribution in [3.05, 3.63) is 204 Å². The Balaban J connectivity index is 0.000000284. The molecule has 24 heteroatoms. The summed E-state index contributed by atoms with van der Waals surface area (Å²) in [5, 5.41) is 12.3. The minimum atomic E-state index is -7.22. The lowest BCUT2D eigenvalue weighted by molar-refractivity contribution is -0.690. The standard InChI is InChI=1S/C24BF20.C18H15N2S/c26-5-1(6(27)14(35)21(42)13(5)34)25(2-7(28)15(36)22(43)16(37)8(2)29,3-9(30)17(38)23(44)18(39)10(3)31)4-11(32)19(40)24(45)20(41)12(4)33;19-13-16-8-6-15(7-9-16)12-18-20(10-11-21-18)14-17-4-2-1-3-5-17/h;1-11H,12,14H2/q-1;+1. The maximum absolute atomic E-state index is 15.4. The van der Waals surface area contributed by atoms with Crippen molar-refractivity contribution in [2.45, 2.75) is 13.0 Å². The minimum Gasteiger partial charge on any atom is -0.207 e. The van der Waals surface area contributed by atoms with Crippen molar-refractivity contribution in [3.8, 4) is 6.07 Å². The summed E-state index contributed by atoms with van der Waals surface area (Å²) in [6, 6.07) is 20.5. The molecule has 2 nitrogen and oxygen atoms in total. The first-order chi connectivity index (χ1) is 31.0. The van der Waals surface area contributed by atoms with Crippen LogP contribution in [0.1, 0.15) is 21.7 Å². The third-order valence-electron chi connectivity index (χ3n) is 10.1. The fourth-order valence-electron chi connectivity index (χ4n) is 7.14. The van der Waals surface area contributed by atoms with Crippen LogP contribution in [0.15, 0.2) is 66.2 Å². The van der Waals surface area contributed by atoms with E-state index in [1.807, 2.05) is 30.3 Å². The number of aromatic nitrogens is 1. The molecule has 66 heavy (non-hydrogen) atoms. The molecule has 1 aromatic heterocycles. The third-order valence-corrected chi connectivity index (χ3v) is 11.0. The van der Waals surface area contributed by atoms with Gasteiger partial charge in [0.2, 0.25) is 5.01 Å². The van der Waals surface area contributed by atoms with Crippen molar-refractivity contribution >= 4 is 39.3 Å². The Bertz CT molecular complexity index is 2720. The lowest BCUT2D eigenvalue weighted by Crippen LogP contribution is -2.81. The molecule has 7 aromatic rings. The molecule has 0 aliphatic heterocycles. The Hall–Kier alpha value is -6.90. The molecule has 7 rings (SSSR count). The zero-order valence-electron chi connectivity index (χ0n) is 31.7. The van der Waals surface area contributed by atoms with Gasteiger partial charge in [-0.05, 0) is 17.7 Å². The molecule has 0 unspecified atom stereocenters. The summed E-state index contributed by atoms with van der Waals surface area (Å²) in [5.74, 6) is -71.4. The number of halogens is 20. The molecule has 1 heterocycles. The molecule has 0 aliphatic carbocycles. The van der Waals surface area contributed by atoms with E-state index in [0.29, 0.717) is 5.56 Å². The molecule has 0 fully saturated rings. The Morgan fingerprint density at radius 3 is 1.00 bits per heavy atom. The van der Waals surface area contributed by atoms with Crippen LogP contribution in [-0.2, 0) is 13.0 Å². The lowest BCUT2D eigenvalue weighted by atomic mass is 9.12. The van der Waals surface area contributed by atoms with Gasteiger partial charge in [-0.2, -0.15) is 9.83 Å². The highest BCUT2D eigenvalue weighted by Crippen LogP contribution is 2.31. The Labute approximate surface area is 359 Å². The van der Waals surface area contributed by atoms with E-state index in [1.165, 1.54) is 16.1 Å². The highest BCUT2D eigenvalue weighted by atomic mass is 32.1. The zero-order valence-corrected chi connectivity index (χ0v) is 32.5. The average Bonchev–Trinajstić information content (AvgIpc) is 3.75. The minimum absolute atomic E-state index is 0.710. The van der Waals surface area contributed by atoms with Crippen LogP contribution in [0, 0.1) is 128 Å². The van der Waals surface area contributed by atoms with Gasteiger partial charge in [0.05, 0.1) is 23.4 Å². The van der Waals surface area contributed by atoms with E-state index in [-0.39, 0.29) is 0 Å². The van der Waals surface area contributed by atoms with Gasteiger partial charge in [0.25, 0.3) is 0 Å². The molecule has 0 saturated heterocycles. The Kier molecular flexibility index (Phi) is 13.6. The number of hydrogen-bond acceptors (Lipinski definition) is 2. The van der Waals surface area contributed by atoms with E-state index in [4.69, 9.17) is 5.26 Å². The molecule has 0 bridgehead atoms. The van der Waals surface area contributed by atoms with E-state index < -0.39 is 144 Å². The Morgan fingerprint density at radius 1 is 0.394 bits per heavy atom. The number of benzene rings is 6. The second-order valence-electron chi connectivity index (χ2n) is 13.7. The smallest absolute Gasteiger partial charge is 0.207 e. The summed E-state index contributed by atoms with van der Waals surface area (Å²) in [4.78, 5) is 0. The van der Waals surface area contributed by atoms with Gasteiger partial charge in [0.1, 0.15) is 52.7 Å². The molecule has 0 spiro atoms. The molecular formula is C42H15BF20N2S. The molecule has 0 radical (unpaired) electrons. The number of hydrogen-bond donors (Lipinski definition) is 0. The van der Waals surface area contributed by atoms with Crippen molar-refractivity contribution in [2.24, 2.45) is 0 Å². The van der Waals surface area contributed by atoms with Crippen molar-refractivity contribution in [2.75, 3.05) is 0 Å². The molecule has 342 valence electrons. The van der Waals surface area contributed by atoms with Crippen LogP contribution >= 0.6 is 11.3 Å². The SMILES string of the molecule is Fc1c(F)c(F)c([B-](c2c(F)c(F)c(F)c(F)c2F)(c2c(F)c(F)c(F)c(F)c2F)c2c(F)c(F)c(F)c(F)c2F)c(F)c1F.N#Cc1ccc(Cc2scc[n+]2Cc2ccccc2)cc1. The number of nitriles is 1. The maximum atomic E-state index is 15.4. The van der Waals surface area contributed by atoms with Gasteiger partial charge in [-0.1, -0.05) is 53.8 Å². The van der Waals surface area contributed by atoms with E-state index in [1.54, 1.807) is 11.3 Å². The van der Waals surface area contributed by atoms with Crippen molar-refractivity contribution < 1.29 is 92.4 Å². The topological polar surface area (TPSA) is 27.7 Å². The van der Waals surface area contributed by atoms with Crippen LogP contribution in [-0.4, -0.2) is 6.15 Å². The van der Waals surface area contributed by atoms with E-state index in [0.717, 1.165) is 13.0 Å². The van der Waals surface area contributed by atoms with Crippen LogP contribution in [0.2, 0.25) is 0 Å². The summed E-state index contributed by atoms with van der Waals surface area (Å²) < 4.78 is 296. The first-order valence-electron chi connectivity index (χ1n) is 17.8. The second kappa shape index (κ2) is 18.5. The van der Waals surface area contributed by atoms with E-state index in [9.17, 15) is 52.7 Å². The van der Waals surface area contributed by atoms with Crippen LogP contribution in [0.3, 0.4) is 0 Å². The highest BCUT2D eigenvalue weighted by molar-refractivity contribution is 7.20. The van der Waals surface area contributed by atoms with Gasteiger partial charge in [0.15, 0.2) is 82.5 Å². The second-order valence-corrected chi connectivity index (χ2v) is 14.7. The van der Waals surface area contributed by atoms with Gasteiger partial charge in [-0.3, -0.25) is 0 Å². The Morgan fingerprint density at radius 2 is 0.697 bits per heavy atom. The van der Waals surface area contributed by atoms with Gasteiger partial charge < -0.3 is 0 Å². The molecule has 0 saturated carbocycles. The van der Waals surface area contributed by atoms with Gasteiger partial charge >= 0.3 is 0 Å². The maximum Gasteiger partial charge on any atom is 0.241 e. The normalized spacial score (nSPS) is 11.4. The highest BCUT2D eigenvalue weighted by Gasteiger charge is 2.52.